The molecule has 0 heterocycles. The van der Waals surface area contributed by atoms with Gasteiger partial charge in [-0.05, 0) is 23.8 Å². The van der Waals surface area contributed by atoms with Crippen LogP contribution in [0.1, 0.15) is 34.6 Å². The summed E-state index contributed by atoms with van der Waals surface area (Å²) in [5.41, 5.74) is -1.09. The molecule has 0 aliphatic heterocycles. The summed E-state index contributed by atoms with van der Waals surface area (Å²) in [4.78, 5) is 22.6. The van der Waals surface area contributed by atoms with E-state index in [0.717, 1.165) is 0 Å². The minimum absolute atomic E-state index is 0.0150. The van der Waals surface area contributed by atoms with Crippen molar-refractivity contribution in [3.63, 3.8) is 0 Å². The Balaban J connectivity index is 3.67. The van der Waals surface area contributed by atoms with Crippen LogP contribution >= 0.6 is 0 Å². The first-order chi connectivity index (χ1) is 9.05. The third-order valence-corrected chi connectivity index (χ3v) is 4.25. The van der Waals surface area contributed by atoms with Crippen LogP contribution in [0.25, 0.3) is 0 Å². The monoisotopic (exact) mass is 278 g/mol. The Kier molecular flexibility index (Phi) is 4.27. The summed E-state index contributed by atoms with van der Waals surface area (Å²) in [6.45, 7) is 9.59. The van der Waals surface area contributed by atoms with Gasteiger partial charge >= 0.3 is 11.9 Å². The van der Waals surface area contributed by atoms with Crippen molar-refractivity contribution in [2.24, 2.45) is 16.7 Å². The van der Waals surface area contributed by atoms with Gasteiger partial charge in [0.05, 0.1) is 0 Å². The Morgan fingerprint density at radius 1 is 1.10 bits per heavy atom. The van der Waals surface area contributed by atoms with Crippen LogP contribution < -0.4 is 0 Å². The van der Waals surface area contributed by atoms with Gasteiger partial charge in [-0.25, -0.2) is 9.59 Å². The summed E-state index contributed by atoms with van der Waals surface area (Å²) in [6.07, 6.45) is 7.67. The Hall–Kier alpha value is -1.84. The van der Waals surface area contributed by atoms with Crippen molar-refractivity contribution in [3.8, 4) is 0 Å². The highest BCUT2D eigenvalue weighted by Gasteiger charge is 2.47. The first-order valence-electron chi connectivity index (χ1n) is 6.59. The molecule has 20 heavy (non-hydrogen) atoms. The maximum absolute atomic E-state index is 11.3. The summed E-state index contributed by atoms with van der Waals surface area (Å²) in [5, 5.41) is 18.5. The molecule has 0 aromatic heterocycles. The van der Waals surface area contributed by atoms with Crippen LogP contribution in [0.3, 0.4) is 0 Å². The van der Waals surface area contributed by atoms with Crippen LogP contribution in [0.4, 0.5) is 0 Å². The number of hydrogen-bond acceptors (Lipinski definition) is 2. The number of allylic oxidation sites excluding steroid dienone is 5. The predicted octanol–water partition coefficient (Wildman–Crippen LogP) is 3.27. The fourth-order valence-corrected chi connectivity index (χ4v) is 3.32. The average molecular weight is 278 g/mol. The van der Waals surface area contributed by atoms with Gasteiger partial charge in [-0.2, -0.15) is 0 Å². The average Bonchev–Trinajstić information content (AvgIpc) is 2.26. The molecule has 2 N–H and O–H groups in total. The molecule has 110 valence electrons. The van der Waals surface area contributed by atoms with Crippen molar-refractivity contribution >= 4 is 11.9 Å². The van der Waals surface area contributed by atoms with Gasteiger partial charge in [0.25, 0.3) is 0 Å². The third kappa shape index (κ3) is 2.42. The Labute approximate surface area is 119 Å². The second-order valence-corrected chi connectivity index (χ2v) is 6.26. The van der Waals surface area contributed by atoms with Crippen molar-refractivity contribution in [1.82, 2.24) is 0 Å². The van der Waals surface area contributed by atoms with Crippen molar-refractivity contribution in [2.75, 3.05) is 0 Å². The highest BCUT2D eigenvalue weighted by Crippen LogP contribution is 2.53. The molecule has 4 nitrogen and oxygen atoms in total. The molecule has 2 atom stereocenters. The first kappa shape index (κ1) is 16.2. The number of carbonyl (C=O) groups is 2. The molecule has 0 saturated carbocycles. The highest BCUT2D eigenvalue weighted by molar-refractivity contribution is 6.13. The quantitative estimate of drug-likeness (QED) is 0.472. The summed E-state index contributed by atoms with van der Waals surface area (Å²) >= 11 is 0. The van der Waals surface area contributed by atoms with Gasteiger partial charge in [-0.15, -0.1) is 0 Å². The van der Waals surface area contributed by atoms with E-state index >= 15 is 0 Å². The number of aliphatic carboxylic acids is 2. The van der Waals surface area contributed by atoms with Crippen molar-refractivity contribution in [2.45, 2.75) is 34.6 Å². The molecule has 4 heteroatoms. The largest absolute Gasteiger partial charge is 0.477 e. The van der Waals surface area contributed by atoms with Crippen molar-refractivity contribution in [3.05, 3.63) is 35.5 Å². The minimum atomic E-state index is -1.39. The van der Waals surface area contributed by atoms with Gasteiger partial charge in [0.2, 0.25) is 0 Å². The SMILES string of the molecule is CC(=C(C(=O)O)C(=O)O)C1(C(C)(C)C)C=CC=CC1C. The molecule has 0 bridgehead atoms. The van der Waals surface area contributed by atoms with E-state index in [4.69, 9.17) is 0 Å². The highest BCUT2D eigenvalue weighted by atomic mass is 16.4. The fourth-order valence-electron chi connectivity index (χ4n) is 3.32. The van der Waals surface area contributed by atoms with Crippen LogP contribution in [-0.4, -0.2) is 22.2 Å². The lowest BCUT2D eigenvalue weighted by Crippen LogP contribution is -2.42. The van der Waals surface area contributed by atoms with Crippen molar-refractivity contribution in [1.29, 1.82) is 0 Å². The molecular weight excluding hydrogens is 256 g/mol. The molecule has 1 aliphatic carbocycles. The molecule has 0 aromatic carbocycles. The topological polar surface area (TPSA) is 74.6 Å². The normalized spacial score (nSPS) is 25.4. The lowest BCUT2D eigenvalue weighted by Gasteiger charge is -2.48. The molecule has 0 aromatic rings. The zero-order chi connectivity index (χ0) is 15.7. The third-order valence-electron chi connectivity index (χ3n) is 4.25. The van der Waals surface area contributed by atoms with E-state index < -0.39 is 22.9 Å². The zero-order valence-electron chi connectivity index (χ0n) is 12.6. The number of rotatable bonds is 3. The van der Waals surface area contributed by atoms with E-state index in [2.05, 4.69) is 0 Å². The maximum atomic E-state index is 11.3. The van der Waals surface area contributed by atoms with Crippen LogP contribution in [0, 0.1) is 16.7 Å². The van der Waals surface area contributed by atoms with Gasteiger partial charge in [0.1, 0.15) is 5.57 Å². The summed E-state index contributed by atoms with van der Waals surface area (Å²) in [6, 6.07) is 0. The molecule has 1 aliphatic rings. The molecule has 2 unspecified atom stereocenters. The Morgan fingerprint density at radius 2 is 1.60 bits per heavy atom. The molecule has 0 amide bonds. The molecular formula is C16H22O4. The van der Waals surface area contributed by atoms with Crippen LogP contribution in [0.2, 0.25) is 0 Å². The smallest absolute Gasteiger partial charge is 0.343 e. The van der Waals surface area contributed by atoms with E-state index in [1.165, 1.54) is 0 Å². The van der Waals surface area contributed by atoms with E-state index in [1.54, 1.807) is 6.92 Å². The fraction of sp³-hybridized carbons (Fsp3) is 0.500. The lowest BCUT2D eigenvalue weighted by molar-refractivity contribution is -0.140. The van der Waals surface area contributed by atoms with Gasteiger partial charge in [-0.3, -0.25) is 0 Å². The maximum Gasteiger partial charge on any atom is 0.343 e. The number of hydrogen-bond donors (Lipinski definition) is 2. The minimum Gasteiger partial charge on any atom is -0.477 e. The van der Waals surface area contributed by atoms with Crippen LogP contribution in [0.5, 0.6) is 0 Å². The van der Waals surface area contributed by atoms with Gasteiger partial charge in [0.15, 0.2) is 0 Å². The van der Waals surface area contributed by atoms with Crippen LogP contribution in [-0.2, 0) is 9.59 Å². The van der Waals surface area contributed by atoms with E-state index in [1.807, 2.05) is 52.0 Å². The van der Waals surface area contributed by atoms with E-state index in [-0.39, 0.29) is 11.3 Å². The summed E-state index contributed by atoms with van der Waals surface area (Å²) in [5.74, 6) is -2.77. The molecule has 0 saturated heterocycles. The van der Waals surface area contributed by atoms with Gasteiger partial charge < -0.3 is 10.2 Å². The molecule has 1 rings (SSSR count). The number of carboxylic acid groups (broad SMARTS) is 2. The zero-order valence-corrected chi connectivity index (χ0v) is 12.6. The van der Waals surface area contributed by atoms with E-state index in [0.29, 0.717) is 5.57 Å². The standard InChI is InChI=1S/C16H22O4/c1-10-8-6-7-9-16(10,15(3,4)5)11(2)12(13(17)18)14(19)20/h6-10H,1-5H3,(H,17,18)(H,19,20). The Bertz CT molecular complexity index is 501. The second kappa shape index (κ2) is 5.27. The Morgan fingerprint density at radius 3 is 1.95 bits per heavy atom. The van der Waals surface area contributed by atoms with E-state index in [9.17, 15) is 19.8 Å². The predicted molar refractivity (Wildman–Crippen MR) is 77.3 cm³/mol. The van der Waals surface area contributed by atoms with Gasteiger partial charge in [0, 0.05) is 5.41 Å². The summed E-state index contributed by atoms with van der Waals surface area (Å²) < 4.78 is 0. The molecule has 0 spiro atoms. The van der Waals surface area contributed by atoms with Crippen LogP contribution in [0.15, 0.2) is 35.5 Å². The number of carboxylic acids is 2. The van der Waals surface area contributed by atoms with Crippen molar-refractivity contribution < 1.29 is 19.8 Å². The first-order valence-corrected chi connectivity index (χ1v) is 6.59. The summed E-state index contributed by atoms with van der Waals surface area (Å²) in [7, 11) is 0. The lowest BCUT2D eigenvalue weighted by atomic mass is 9.54. The second-order valence-electron chi connectivity index (χ2n) is 6.26. The molecule has 0 fully saturated rings. The molecule has 0 radical (unpaired) electrons. The van der Waals surface area contributed by atoms with Gasteiger partial charge in [-0.1, -0.05) is 52.0 Å².